The van der Waals surface area contributed by atoms with Gasteiger partial charge in [0.05, 0.1) is 5.92 Å². The van der Waals surface area contributed by atoms with E-state index in [1.807, 2.05) is 29.2 Å². The molecule has 3 amide bonds. The molecule has 25 heavy (non-hydrogen) atoms. The van der Waals surface area contributed by atoms with Gasteiger partial charge >= 0.3 is 0 Å². The molecule has 0 saturated carbocycles. The first kappa shape index (κ1) is 17.2. The molecule has 6 heteroatoms. The van der Waals surface area contributed by atoms with E-state index in [0.717, 1.165) is 24.1 Å². The highest BCUT2D eigenvalue weighted by Gasteiger charge is 2.38. The molecule has 132 valence electrons. The van der Waals surface area contributed by atoms with Gasteiger partial charge in [-0.25, -0.2) is 0 Å². The second-order valence-electron chi connectivity index (χ2n) is 6.52. The van der Waals surface area contributed by atoms with Crippen LogP contribution in [0.2, 0.25) is 0 Å². The minimum Gasteiger partial charge on any atom is -0.352 e. The second-order valence-corrected chi connectivity index (χ2v) is 6.52. The van der Waals surface area contributed by atoms with Gasteiger partial charge in [-0.3, -0.25) is 14.4 Å². The van der Waals surface area contributed by atoms with Gasteiger partial charge in [0.15, 0.2) is 0 Å². The number of amides is 3. The van der Waals surface area contributed by atoms with Crippen LogP contribution in [0.4, 0.5) is 5.69 Å². The van der Waals surface area contributed by atoms with Crippen LogP contribution in [0.15, 0.2) is 36.9 Å². The molecular weight excluding hydrogens is 318 g/mol. The van der Waals surface area contributed by atoms with Crippen LogP contribution in [-0.2, 0) is 14.4 Å². The number of anilines is 1. The van der Waals surface area contributed by atoms with Crippen molar-refractivity contribution in [1.82, 2.24) is 10.2 Å². The Kier molecular flexibility index (Phi) is 5.16. The molecule has 3 rings (SSSR count). The number of likely N-dealkylation sites (tertiary alicyclic amines) is 1. The lowest BCUT2D eigenvalue weighted by Gasteiger charge is -2.34. The first-order valence-electron chi connectivity index (χ1n) is 8.68. The summed E-state index contributed by atoms with van der Waals surface area (Å²) in [7, 11) is 0. The van der Waals surface area contributed by atoms with E-state index in [2.05, 4.69) is 17.2 Å². The maximum Gasteiger partial charge on any atom is 0.243 e. The number of rotatable bonds is 5. The number of hydrogen-bond donors (Lipinski definition) is 2. The molecule has 0 spiro atoms. The van der Waals surface area contributed by atoms with Crippen LogP contribution in [0.25, 0.3) is 0 Å². The van der Waals surface area contributed by atoms with Crippen molar-refractivity contribution in [2.45, 2.75) is 25.2 Å². The van der Waals surface area contributed by atoms with Gasteiger partial charge in [0.1, 0.15) is 0 Å². The van der Waals surface area contributed by atoms with E-state index in [1.54, 1.807) is 0 Å². The number of para-hydroxylation sites is 1. The SMILES string of the molecule is C=CC(=O)NCCC(=O)N1CCC(C2C(=O)Nc3ccccc32)CC1. The molecule has 1 unspecified atom stereocenters. The van der Waals surface area contributed by atoms with Crippen molar-refractivity contribution in [2.24, 2.45) is 5.92 Å². The zero-order chi connectivity index (χ0) is 17.8. The van der Waals surface area contributed by atoms with E-state index >= 15 is 0 Å². The fourth-order valence-electron chi connectivity index (χ4n) is 3.71. The molecule has 1 saturated heterocycles. The van der Waals surface area contributed by atoms with Crippen molar-refractivity contribution in [3.63, 3.8) is 0 Å². The minimum absolute atomic E-state index is 0.0408. The number of benzene rings is 1. The average molecular weight is 341 g/mol. The van der Waals surface area contributed by atoms with Gasteiger partial charge in [-0.2, -0.15) is 0 Å². The smallest absolute Gasteiger partial charge is 0.243 e. The Hall–Kier alpha value is -2.63. The molecule has 2 aliphatic heterocycles. The number of hydrogen-bond acceptors (Lipinski definition) is 3. The Balaban J connectivity index is 1.52. The fourth-order valence-corrected chi connectivity index (χ4v) is 3.71. The molecule has 1 aromatic rings. The number of fused-ring (bicyclic) bond motifs is 1. The Bertz CT molecular complexity index is 693. The van der Waals surface area contributed by atoms with Crippen molar-refractivity contribution >= 4 is 23.4 Å². The van der Waals surface area contributed by atoms with Crippen LogP contribution >= 0.6 is 0 Å². The van der Waals surface area contributed by atoms with Crippen LogP contribution < -0.4 is 10.6 Å². The molecule has 0 bridgehead atoms. The molecular formula is C19H23N3O3. The van der Waals surface area contributed by atoms with Crippen molar-refractivity contribution in [3.8, 4) is 0 Å². The molecule has 2 heterocycles. The van der Waals surface area contributed by atoms with E-state index in [-0.39, 0.29) is 36.0 Å². The summed E-state index contributed by atoms with van der Waals surface area (Å²) >= 11 is 0. The van der Waals surface area contributed by atoms with Crippen molar-refractivity contribution in [2.75, 3.05) is 25.0 Å². The van der Waals surface area contributed by atoms with Gasteiger partial charge in [-0.15, -0.1) is 0 Å². The molecule has 1 fully saturated rings. The monoisotopic (exact) mass is 341 g/mol. The third kappa shape index (κ3) is 3.73. The van der Waals surface area contributed by atoms with Crippen molar-refractivity contribution in [1.29, 1.82) is 0 Å². The highest BCUT2D eigenvalue weighted by Crippen LogP contribution is 2.41. The van der Waals surface area contributed by atoms with Gasteiger partial charge < -0.3 is 15.5 Å². The number of nitrogens with zero attached hydrogens (tertiary/aromatic N) is 1. The van der Waals surface area contributed by atoms with Crippen molar-refractivity contribution in [3.05, 3.63) is 42.5 Å². The van der Waals surface area contributed by atoms with E-state index in [4.69, 9.17) is 0 Å². The number of nitrogens with one attached hydrogen (secondary N) is 2. The minimum atomic E-state index is -0.266. The molecule has 0 aliphatic carbocycles. The summed E-state index contributed by atoms with van der Waals surface area (Å²) in [6.45, 7) is 5.01. The highest BCUT2D eigenvalue weighted by atomic mass is 16.2. The van der Waals surface area contributed by atoms with E-state index in [9.17, 15) is 14.4 Å². The molecule has 2 N–H and O–H groups in total. The Labute approximate surface area is 147 Å². The Morgan fingerprint density at radius 1 is 1.28 bits per heavy atom. The van der Waals surface area contributed by atoms with Crippen LogP contribution in [0, 0.1) is 5.92 Å². The first-order valence-corrected chi connectivity index (χ1v) is 8.68. The van der Waals surface area contributed by atoms with Crippen LogP contribution in [0.3, 0.4) is 0 Å². The average Bonchev–Trinajstić information content (AvgIpc) is 2.97. The molecule has 6 nitrogen and oxygen atoms in total. The van der Waals surface area contributed by atoms with Crippen LogP contribution in [0.1, 0.15) is 30.7 Å². The van der Waals surface area contributed by atoms with Crippen molar-refractivity contribution < 1.29 is 14.4 Å². The molecule has 1 aromatic carbocycles. The van der Waals surface area contributed by atoms with Crippen LogP contribution in [-0.4, -0.2) is 42.3 Å². The van der Waals surface area contributed by atoms with Gasteiger partial charge in [0.2, 0.25) is 17.7 Å². The predicted octanol–water partition coefficient (Wildman–Crippen LogP) is 1.65. The van der Waals surface area contributed by atoms with E-state index in [1.165, 1.54) is 6.08 Å². The normalized spacial score (nSPS) is 19.9. The summed E-state index contributed by atoms with van der Waals surface area (Å²) in [5, 5.41) is 5.57. The lowest BCUT2D eigenvalue weighted by molar-refractivity contribution is -0.132. The summed E-state index contributed by atoms with van der Waals surface area (Å²) in [6.07, 6.45) is 3.12. The third-order valence-corrected chi connectivity index (χ3v) is 5.02. The predicted molar refractivity (Wildman–Crippen MR) is 94.9 cm³/mol. The lowest BCUT2D eigenvalue weighted by atomic mass is 9.80. The third-order valence-electron chi connectivity index (χ3n) is 5.02. The summed E-state index contributed by atoms with van der Waals surface area (Å²) in [5.74, 6) is -0.0110. The standard InChI is InChI=1S/C19H23N3O3/c1-2-16(23)20-10-7-17(24)22-11-8-13(9-12-22)18-14-5-3-4-6-15(14)21-19(18)25/h2-6,13,18H,1,7-12H2,(H,20,23)(H,21,25). The molecule has 0 aromatic heterocycles. The zero-order valence-corrected chi connectivity index (χ0v) is 14.2. The summed E-state index contributed by atoms with van der Waals surface area (Å²) < 4.78 is 0. The Morgan fingerprint density at radius 2 is 2.00 bits per heavy atom. The van der Waals surface area contributed by atoms with Gasteiger partial charge in [-0.05, 0) is 36.5 Å². The number of carbonyl (C=O) groups excluding carboxylic acids is 3. The summed E-state index contributed by atoms with van der Waals surface area (Å²) in [5.41, 5.74) is 1.98. The fraction of sp³-hybridized carbons (Fsp3) is 0.421. The van der Waals surface area contributed by atoms with Crippen LogP contribution in [0.5, 0.6) is 0 Å². The topological polar surface area (TPSA) is 78.5 Å². The summed E-state index contributed by atoms with van der Waals surface area (Å²) in [6, 6.07) is 7.83. The molecule has 1 atom stereocenters. The lowest BCUT2D eigenvalue weighted by Crippen LogP contribution is -2.41. The first-order chi connectivity index (χ1) is 12.1. The van der Waals surface area contributed by atoms with Gasteiger partial charge in [0, 0.05) is 31.7 Å². The second kappa shape index (κ2) is 7.51. The summed E-state index contributed by atoms with van der Waals surface area (Å²) in [4.78, 5) is 37.5. The molecule has 2 aliphatic rings. The molecule has 0 radical (unpaired) electrons. The quantitative estimate of drug-likeness (QED) is 0.800. The number of piperidine rings is 1. The maximum absolute atomic E-state index is 12.3. The number of carbonyl (C=O) groups is 3. The maximum atomic E-state index is 12.3. The zero-order valence-electron chi connectivity index (χ0n) is 14.2. The van der Waals surface area contributed by atoms with Gasteiger partial charge in [-0.1, -0.05) is 24.8 Å². The highest BCUT2D eigenvalue weighted by molar-refractivity contribution is 6.03. The Morgan fingerprint density at radius 3 is 2.72 bits per heavy atom. The largest absolute Gasteiger partial charge is 0.352 e. The van der Waals surface area contributed by atoms with E-state index in [0.29, 0.717) is 19.6 Å². The van der Waals surface area contributed by atoms with Gasteiger partial charge in [0.25, 0.3) is 0 Å². The van der Waals surface area contributed by atoms with E-state index < -0.39 is 0 Å².